The van der Waals surface area contributed by atoms with E-state index in [0.29, 0.717) is 0 Å². The predicted octanol–water partition coefficient (Wildman–Crippen LogP) is 2.24. The Morgan fingerprint density at radius 2 is 2.07 bits per heavy atom. The smallest absolute Gasteiger partial charge is 0.212 e. The predicted molar refractivity (Wildman–Crippen MR) is 54.6 cm³/mol. The largest absolute Gasteiger partial charge is 0.241 e. The van der Waals surface area contributed by atoms with Gasteiger partial charge in [-0.25, -0.2) is 15.0 Å². The lowest BCUT2D eigenvalue weighted by Gasteiger charge is -2.01. The number of aryl methyl sites for hydroxylation is 1. The third kappa shape index (κ3) is 2.15. The fourth-order valence-electron chi connectivity index (χ4n) is 1.28. The fraction of sp³-hybridized carbons (Fsp3) is 0.182. The molecule has 0 saturated heterocycles. The SMILES string of the molecule is CCc1cc(-c2ccc(F)nc2)ncn1. The summed E-state index contributed by atoms with van der Waals surface area (Å²) in [6, 6.07) is 4.86. The van der Waals surface area contributed by atoms with Crippen molar-refractivity contribution in [1.29, 1.82) is 0 Å². The van der Waals surface area contributed by atoms with Gasteiger partial charge in [-0.05, 0) is 24.6 Å². The molecule has 0 aromatic carbocycles. The van der Waals surface area contributed by atoms with Crippen LogP contribution < -0.4 is 0 Å². The zero-order valence-electron chi connectivity index (χ0n) is 8.31. The van der Waals surface area contributed by atoms with E-state index in [9.17, 15) is 4.39 Å². The van der Waals surface area contributed by atoms with Gasteiger partial charge in [-0.15, -0.1) is 0 Å². The van der Waals surface area contributed by atoms with Crippen molar-refractivity contribution in [1.82, 2.24) is 15.0 Å². The summed E-state index contributed by atoms with van der Waals surface area (Å²) in [6.07, 6.45) is 3.83. The molecule has 0 bridgehead atoms. The Morgan fingerprint density at radius 3 is 2.73 bits per heavy atom. The summed E-state index contributed by atoms with van der Waals surface area (Å²) in [5.74, 6) is -0.483. The zero-order valence-corrected chi connectivity index (χ0v) is 8.31. The molecule has 0 radical (unpaired) electrons. The van der Waals surface area contributed by atoms with E-state index in [1.807, 2.05) is 13.0 Å². The minimum atomic E-state index is -0.483. The minimum absolute atomic E-state index is 0.483. The van der Waals surface area contributed by atoms with E-state index in [-0.39, 0.29) is 0 Å². The molecule has 0 N–H and O–H groups in total. The standard InChI is InChI=1S/C11H10FN3/c1-2-9-5-10(15-7-14-9)8-3-4-11(12)13-6-8/h3-7H,2H2,1H3. The highest BCUT2D eigenvalue weighted by Crippen LogP contribution is 2.15. The number of aromatic nitrogens is 3. The van der Waals surface area contributed by atoms with Crippen LogP contribution in [0.25, 0.3) is 11.3 Å². The summed E-state index contributed by atoms with van der Waals surface area (Å²) >= 11 is 0. The van der Waals surface area contributed by atoms with Crippen LogP contribution in [0.3, 0.4) is 0 Å². The van der Waals surface area contributed by atoms with Crippen LogP contribution in [-0.4, -0.2) is 15.0 Å². The number of hydrogen-bond acceptors (Lipinski definition) is 3. The van der Waals surface area contributed by atoms with Gasteiger partial charge in [0, 0.05) is 17.5 Å². The van der Waals surface area contributed by atoms with Crippen LogP contribution in [0.5, 0.6) is 0 Å². The summed E-state index contributed by atoms with van der Waals surface area (Å²) in [5, 5.41) is 0. The second-order valence-corrected chi connectivity index (χ2v) is 3.12. The molecule has 0 saturated carbocycles. The van der Waals surface area contributed by atoms with E-state index < -0.39 is 5.95 Å². The molecule has 2 aromatic rings. The van der Waals surface area contributed by atoms with Crippen molar-refractivity contribution in [3.8, 4) is 11.3 Å². The van der Waals surface area contributed by atoms with Crippen LogP contribution >= 0.6 is 0 Å². The first-order valence-corrected chi connectivity index (χ1v) is 4.72. The summed E-state index contributed by atoms with van der Waals surface area (Å²) in [4.78, 5) is 11.8. The summed E-state index contributed by atoms with van der Waals surface area (Å²) in [5.41, 5.74) is 2.53. The summed E-state index contributed by atoms with van der Waals surface area (Å²) < 4.78 is 12.6. The molecule has 0 aliphatic carbocycles. The molecule has 15 heavy (non-hydrogen) atoms. The highest BCUT2D eigenvalue weighted by atomic mass is 19.1. The molecule has 0 atom stereocenters. The summed E-state index contributed by atoms with van der Waals surface area (Å²) in [7, 11) is 0. The van der Waals surface area contributed by atoms with Gasteiger partial charge in [-0.2, -0.15) is 4.39 Å². The molecule has 3 nitrogen and oxygen atoms in total. The van der Waals surface area contributed by atoms with Gasteiger partial charge in [0.25, 0.3) is 0 Å². The molecule has 0 aliphatic heterocycles. The molecule has 0 spiro atoms. The van der Waals surface area contributed by atoms with Gasteiger partial charge in [0.1, 0.15) is 6.33 Å². The fourth-order valence-corrected chi connectivity index (χ4v) is 1.28. The van der Waals surface area contributed by atoms with E-state index in [1.165, 1.54) is 18.6 Å². The van der Waals surface area contributed by atoms with Crippen LogP contribution in [0.2, 0.25) is 0 Å². The molecule has 0 fully saturated rings. The number of pyridine rings is 1. The van der Waals surface area contributed by atoms with Gasteiger partial charge < -0.3 is 0 Å². The maximum absolute atomic E-state index is 12.6. The van der Waals surface area contributed by atoms with Crippen molar-refractivity contribution in [2.45, 2.75) is 13.3 Å². The van der Waals surface area contributed by atoms with Gasteiger partial charge in [0.2, 0.25) is 5.95 Å². The molecule has 2 heterocycles. The number of hydrogen-bond donors (Lipinski definition) is 0. The maximum atomic E-state index is 12.6. The highest BCUT2D eigenvalue weighted by molar-refractivity contribution is 5.57. The van der Waals surface area contributed by atoms with Gasteiger partial charge >= 0.3 is 0 Å². The lowest BCUT2D eigenvalue weighted by atomic mass is 10.2. The van der Waals surface area contributed by atoms with E-state index in [4.69, 9.17) is 0 Å². The monoisotopic (exact) mass is 203 g/mol. The second kappa shape index (κ2) is 4.13. The summed E-state index contributed by atoms with van der Waals surface area (Å²) in [6.45, 7) is 2.02. The third-order valence-electron chi connectivity index (χ3n) is 2.11. The Labute approximate surface area is 87.0 Å². The van der Waals surface area contributed by atoms with Gasteiger partial charge in [0.05, 0.1) is 5.69 Å². The Morgan fingerprint density at radius 1 is 1.20 bits per heavy atom. The number of nitrogens with zero attached hydrogens (tertiary/aromatic N) is 3. The van der Waals surface area contributed by atoms with Gasteiger partial charge in [0.15, 0.2) is 0 Å². The molecule has 4 heteroatoms. The number of halogens is 1. The lowest BCUT2D eigenvalue weighted by molar-refractivity contribution is 0.584. The molecular weight excluding hydrogens is 193 g/mol. The molecular formula is C11H10FN3. The van der Waals surface area contributed by atoms with E-state index in [1.54, 1.807) is 6.07 Å². The molecule has 2 rings (SSSR count). The van der Waals surface area contributed by atoms with Crippen molar-refractivity contribution in [2.24, 2.45) is 0 Å². The van der Waals surface area contributed by atoms with Crippen molar-refractivity contribution < 1.29 is 4.39 Å². The van der Waals surface area contributed by atoms with Crippen LogP contribution in [-0.2, 0) is 6.42 Å². The molecule has 0 unspecified atom stereocenters. The Hall–Kier alpha value is -1.84. The van der Waals surface area contributed by atoms with E-state index >= 15 is 0 Å². The molecule has 0 amide bonds. The van der Waals surface area contributed by atoms with E-state index in [0.717, 1.165) is 23.4 Å². The van der Waals surface area contributed by atoms with Crippen molar-refractivity contribution in [3.63, 3.8) is 0 Å². The average Bonchev–Trinajstić information content (AvgIpc) is 2.30. The van der Waals surface area contributed by atoms with Crippen LogP contribution in [0.4, 0.5) is 4.39 Å². The first-order valence-electron chi connectivity index (χ1n) is 4.72. The highest BCUT2D eigenvalue weighted by Gasteiger charge is 2.01. The quantitative estimate of drug-likeness (QED) is 0.702. The molecule has 76 valence electrons. The number of rotatable bonds is 2. The third-order valence-corrected chi connectivity index (χ3v) is 2.11. The molecule has 2 aromatic heterocycles. The Balaban J connectivity index is 2.40. The zero-order chi connectivity index (χ0) is 10.7. The normalized spacial score (nSPS) is 10.3. The topological polar surface area (TPSA) is 38.7 Å². The van der Waals surface area contributed by atoms with Crippen LogP contribution in [0.15, 0.2) is 30.7 Å². The van der Waals surface area contributed by atoms with Crippen molar-refractivity contribution in [3.05, 3.63) is 42.4 Å². The van der Waals surface area contributed by atoms with Crippen LogP contribution in [0, 0.1) is 5.95 Å². The minimum Gasteiger partial charge on any atom is -0.241 e. The Bertz CT molecular complexity index is 454. The van der Waals surface area contributed by atoms with Gasteiger partial charge in [-0.1, -0.05) is 6.92 Å². The maximum Gasteiger partial charge on any atom is 0.212 e. The molecule has 0 aliphatic rings. The van der Waals surface area contributed by atoms with Crippen LogP contribution in [0.1, 0.15) is 12.6 Å². The van der Waals surface area contributed by atoms with Gasteiger partial charge in [-0.3, -0.25) is 0 Å². The van der Waals surface area contributed by atoms with Crippen molar-refractivity contribution in [2.75, 3.05) is 0 Å². The average molecular weight is 203 g/mol. The first-order chi connectivity index (χ1) is 7.29. The first kappa shape index (κ1) is 9.71. The second-order valence-electron chi connectivity index (χ2n) is 3.12. The lowest BCUT2D eigenvalue weighted by Crippen LogP contribution is -1.92. The van der Waals surface area contributed by atoms with Crippen molar-refractivity contribution >= 4 is 0 Å². The Kier molecular flexibility index (Phi) is 2.67. The van der Waals surface area contributed by atoms with E-state index in [2.05, 4.69) is 15.0 Å².